The predicted molar refractivity (Wildman–Crippen MR) is 74.3 cm³/mol. The zero-order valence-electron chi connectivity index (χ0n) is 11.7. The van der Waals surface area contributed by atoms with Gasteiger partial charge in [0.1, 0.15) is 0 Å². The highest BCUT2D eigenvalue weighted by Gasteiger charge is 2.43. The van der Waals surface area contributed by atoms with Gasteiger partial charge in [-0.05, 0) is 44.4 Å². The summed E-state index contributed by atoms with van der Waals surface area (Å²) in [6, 6.07) is 0. The normalized spacial score (nSPS) is 31.1. The fourth-order valence-corrected chi connectivity index (χ4v) is 3.24. The maximum absolute atomic E-state index is 10.7. The van der Waals surface area contributed by atoms with Gasteiger partial charge in [-0.1, -0.05) is 0 Å². The van der Waals surface area contributed by atoms with Gasteiger partial charge in [-0.25, -0.2) is 0 Å². The van der Waals surface area contributed by atoms with Crippen LogP contribution >= 0.6 is 0 Å². The molecule has 5 heteroatoms. The van der Waals surface area contributed by atoms with Crippen molar-refractivity contribution in [3.63, 3.8) is 0 Å². The van der Waals surface area contributed by atoms with Crippen molar-refractivity contribution >= 4 is 5.82 Å². The van der Waals surface area contributed by atoms with Gasteiger partial charge in [0.15, 0.2) is 5.82 Å². The molecule has 2 saturated heterocycles. The highest BCUT2D eigenvalue weighted by atomic mass is 16.3. The first-order valence-electron chi connectivity index (χ1n) is 7.07. The Bertz CT molecular complexity index is 479. The zero-order chi connectivity index (χ0) is 13.5. The van der Waals surface area contributed by atoms with Crippen LogP contribution in [0.5, 0.6) is 0 Å². The molecule has 0 radical (unpaired) electrons. The maximum atomic E-state index is 10.7. The first-order chi connectivity index (χ1) is 9.10. The zero-order valence-corrected chi connectivity index (χ0v) is 11.7. The van der Waals surface area contributed by atoms with E-state index in [4.69, 9.17) is 0 Å². The summed E-state index contributed by atoms with van der Waals surface area (Å²) < 4.78 is 0. The fraction of sp³-hybridized carbons (Fsp3) is 0.714. The molecule has 3 heterocycles. The molecule has 2 fully saturated rings. The molecule has 0 aromatic carbocycles. The number of hydrogen-bond acceptors (Lipinski definition) is 5. The van der Waals surface area contributed by atoms with Crippen molar-refractivity contribution in [3.8, 4) is 0 Å². The van der Waals surface area contributed by atoms with Crippen LogP contribution < -0.4 is 10.2 Å². The molecule has 2 aliphatic heterocycles. The summed E-state index contributed by atoms with van der Waals surface area (Å²) in [5, 5.41) is 22.4. The van der Waals surface area contributed by atoms with Gasteiger partial charge in [0, 0.05) is 25.6 Å². The molecular weight excluding hydrogens is 240 g/mol. The quantitative estimate of drug-likeness (QED) is 0.778. The van der Waals surface area contributed by atoms with E-state index in [1.165, 1.54) is 11.1 Å². The van der Waals surface area contributed by atoms with Crippen molar-refractivity contribution in [2.45, 2.75) is 32.3 Å². The van der Waals surface area contributed by atoms with Crippen LogP contribution in [0.1, 0.15) is 24.0 Å². The highest BCUT2D eigenvalue weighted by molar-refractivity contribution is 5.48. The Morgan fingerprint density at radius 1 is 1.42 bits per heavy atom. The van der Waals surface area contributed by atoms with Crippen LogP contribution in [-0.2, 0) is 0 Å². The number of aliphatic hydroxyl groups is 1. The van der Waals surface area contributed by atoms with Gasteiger partial charge >= 0.3 is 0 Å². The summed E-state index contributed by atoms with van der Waals surface area (Å²) in [6.07, 6.45) is 3.50. The summed E-state index contributed by atoms with van der Waals surface area (Å²) in [4.78, 5) is 2.28. The molecule has 0 aliphatic carbocycles. The average Bonchev–Trinajstić information content (AvgIpc) is 2.41. The van der Waals surface area contributed by atoms with Gasteiger partial charge in [-0.15, -0.1) is 5.10 Å². The largest absolute Gasteiger partial charge is 0.389 e. The van der Waals surface area contributed by atoms with Crippen molar-refractivity contribution in [3.05, 3.63) is 17.3 Å². The number of aryl methyl sites for hydroxylation is 1. The number of fused-ring (bicyclic) bond motifs is 1. The Labute approximate surface area is 114 Å². The minimum atomic E-state index is -0.479. The Hall–Kier alpha value is -1.20. The van der Waals surface area contributed by atoms with Gasteiger partial charge < -0.3 is 15.3 Å². The molecule has 0 amide bonds. The Morgan fingerprint density at radius 2 is 2.26 bits per heavy atom. The average molecular weight is 262 g/mol. The number of nitrogens with zero attached hydrogens (tertiary/aromatic N) is 3. The second kappa shape index (κ2) is 4.72. The van der Waals surface area contributed by atoms with Gasteiger partial charge in [0.2, 0.25) is 0 Å². The van der Waals surface area contributed by atoms with Crippen molar-refractivity contribution in [1.82, 2.24) is 15.5 Å². The predicted octanol–water partition coefficient (Wildman–Crippen LogP) is 0.644. The molecule has 5 nitrogen and oxygen atoms in total. The van der Waals surface area contributed by atoms with E-state index in [1.54, 1.807) is 6.20 Å². The van der Waals surface area contributed by atoms with Crippen LogP contribution in [0.25, 0.3) is 0 Å². The summed E-state index contributed by atoms with van der Waals surface area (Å²) in [5.74, 6) is 1.27. The van der Waals surface area contributed by atoms with Crippen molar-refractivity contribution in [2.24, 2.45) is 5.92 Å². The number of anilines is 1. The molecule has 0 spiro atoms. The van der Waals surface area contributed by atoms with Crippen LogP contribution in [-0.4, -0.2) is 47.1 Å². The summed E-state index contributed by atoms with van der Waals surface area (Å²) >= 11 is 0. The molecule has 0 saturated carbocycles. The first kappa shape index (κ1) is 12.8. The van der Waals surface area contributed by atoms with Crippen LogP contribution in [0.2, 0.25) is 0 Å². The lowest BCUT2D eigenvalue weighted by Gasteiger charge is -2.48. The number of nitrogens with one attached hydrogen (secondary N) is 1. The van der Waals surface area contributed by atoms with Gasteiger partial charge in [-0.3, -0.25) is 0 Å². The SMILES string of the molecule is Cc1cnnc(N2CC[C@@]3(O)CCNC[C@H]3C2)c1C. The number of aromatic nitrogens is 2. The van der Waals surface area contributed by atoms with Crippen molar-refractivity contribution in [1.29, 1.82) is 0 Å². The lowest BCUT2D eigenvalue weighted by Crippen LogP contribution is -2.59. The smallest absolute Gasteiger partial charge is 0.154 e. The monoisotopic (exact) mass is 262 g/mol. The molecule has 1 aromatic heterocycles. The van der Waals surface area contributed by atoms with Gasteiger partial charge in [0.25, 0.3) is 0 Å². The maximum Gasteiger partial charge on any atom is 0.154 e. The molecule has 2 aliphatic rings. The Morgan fingerprint density at radius 3 is 3.11 bits per heavy atom. The van der Waals surface area contributed by atoms with E-state index in [9.17, 15) is 5.11 Å². The van der Waals surface area contributed by atoms with Crippen LogP contribution in [0.15, 0.2) is 6.20 Å². The number of piperidine rings is 2. The lowest BCUT2D eigenvalue weighted by molar-refractivity contribution is -0.0539. The number of rotatable bonds is 1. The van der Waals surface area contributed by atoms with Crippen molar-refractivity contribution in [2.75, 3.05) is 31.1 Å². The van der Waals surface area contributed by atoms with E-state index in [-0.39, 0.29) is 5.92 Å². The van der Waals surface area contributed by atoms with Crippen LogP contribution in [0.3, 0.4) is 0 Å². The Kier molecular flexibility index (Phi) is 3.19. The molecular formula is C14H22N4O. The summed E-state index contributed by atoms with van der Waals surface area (Å²) in [5.41, 5.74) is 1.89. The van der Waals surface area contributed by atoms with E-state index < -0.39 is 5.60 Å². The molecule has 19 heavy (non-hydrogen) atoms. The van der Waals surface area contributed by atoms with Gasteiger partial charge in [-0.2, -0.15) is 5.10 Å². The molecule has 0 bridgehead atoms. The fourth-order valence-electron chi connectivity index (χ4n) is 3.24. The third-order valence-corrected chi connectivity index (χ3v) is 4.77. The van der Waals surface area contributed by atoms with E-state index in [0.717, 1.165) is 44.8 Å². The van der Waals surface area contributed by atoms with E-state index >= 15 is 0 Å². The summed E-state index contributed by atoms with van der Waals surface area (Å²) in [6.45, 7) is 7.71. The third kappa shape index (κ3) is 2.21. The molecule has 2 atom stereocenters. The van der Waals surface area contributed by atoms with E-state index in [1.807, 2.05) is 0 Å². The van der Waals surface area contributed by atoms with E-state index in [2.05, 4.69) is 34.3 Å². The third-order valence-electron chi connectivity index (χ3n) is 4.77. The molecule has 104 valence electrons. The topological polar surface area (TPSA) is 61.3 Å². The van der Waals surface area contributed by atoms with Gasteiger partial charge in [0.05, 0.1) is 11.8 Å². The van der Waals surface area contributed by atoms with Crippen LogP contribution in [0, 0.1) is 19.8 Å². The molecule has 2 N–H and O–H groups in total. The lowest BCUT2D eigenvalue weighted by atomic mass is 9.76. The minimum Gasteiger partial charge on any atom is -0.389 e. The standard InChI is InChI=1S/C14H22N4O/c1-10-7-16-17-13(11(10)2)18-6-4-14(19)3-5-15-8-12(14)9-18/h7,12,15,19H,3-6,8-9H2,1-2H3/t12-,14-/m0/s1. The highest BCUT2D eigenvalue weighted by Crippen LogP contribution is 2.35. The second-order valence-corrected chi connectivity index (χ2v) is 5.93. The molecule has 1 aromatic rings. The number of hydrogen-bond donors (Lipinski definition) is 2. The van der Waals surface area contributed by atoms with Crippen LogP contribution in [0.4, 0.5) is 5.82 Å². The Balaban J connectivity index is 1.83. The van der Waals surface area contributed by atoms with E-state index in [0.29, 0.717) is 0 Å². The summed E-state index contributed by atoms with van der Waals surface area (Å²) in [7, 11) is 0. The molecule has 0 unspecified atom stereocenters. The minimum absolute atomic E-state index is 0.289. The molecule has 3 rings (SSSR count). The first-order valence-corrected chi connectivity index (χ1v) is 7.07. The second-order valence-electron chi connectivity index (χ2n) is 5.93. The van der Waals surface area contributed by atoms with Crippen molar-refractivity contribution < 1.29 is 5.11 Å².